The number of rotatable bonds is 7. The van der Waals surface area contributed by atoms with Crippen LogP contribution < -0.4 is 10.1 Å². The second-order valence-electron chi connectivity index (χ2n) is 7.04. The van der Waals surface area contributed by atoms with Crippen LogP contribution in [-0.2, 0) is 17.8 Å². The Kier molecular flexibility index (Phi) is 6.39. The summed E-state index contributed by atoms with van der Waals surface area (Å²) in [5.74, 6) is 0.758. The summed E-state index contributed by atoms with van der Waals surface area (Å²) in [7, 11) is 0. The number of thiazole rings is 1. The Morgan fingerprint density at radius 1 is 1.07 bits per heavy atom. The van der Waals surface area contributed by atoms with Crippen molar-refractivity contribution in [3.05, 3.63) is 76.8 Å². The van der Waals surface area contributed by atoms with Crippen LogP contribution in [0, 0.1) is 0 Å². The molecule has 154 valence electrons. The quantitative estimate of drug-likeness (QED) is 0.582. The normalized spacial score (nSPS) is 12.9. The number of para-hydroxylation sites is 1. The summed E-state index contributed by atoms with van der Waals surface area (Å²) in [6, 6.07) is 18.9. The molecule has 2 heterocycles. The average molecular weight is 422 g/mol. The molecule has 0 saturated carbocycles. The molecule has 0 atom stereocenters. The fourth-order valence-corrected chi connectivity index (χ4v) is 4.35. The highest BCUT2D eigenvalue weighted by Gasteiger charge is 2.25. The van der Waals surface area contributed by atoms with Gasteiger partial charge in [0.05, 0.1) is 18.8 Å². The maximum Gasteiger partial charge on any atom is 0.254 e. The molecule has 2 aromatic carbocycles. The van der Waals surface area contributed by atoms with E-state index >= 15 is 0 Å². The van der Waals surface area contributed by atoms with Gasteiger partial charge in [0.2, 0.25) is 5.91 Å². The summed E-state index contributed by atoms with van der Waals surface area (Å²) in [6.45, 7) is 1.65. The van der Waals surface area contributed by atoms with Crippen LogP contribution in [0.5, 0.6) is 5.75 Å². The molecule has 0 unspecified atom stereocenters. The number of aromatic nitrogens is 1. The molecule has 0 bridgehead atoms. The lowest BCUT2D eigenvalue weighted by atomic mass is 10.1. The first-order valence-electron chi connectivity index (χ1n) is 9.99. The third-order valence-electron chi connectivity index (χ3n) is 4.85. The number of carbonyl (C=O) groups is 2. The molecule has 3 aromatic rings. The smallest absolute Gasteiger partial charge is 0.254 e. The molecular formula is C23H23N3O3S. The predicted molar refractivity (Wildman–Crippen MR) is 117 cm³/mol. The first-order valence-corrected chi connectivity index (χ1v) is 10.8. The SMILES string of the molecule is O=C(CCCOc1ccccc1)Nc1nc2c(s1)CN(C(=O)c1ccccc1)CC2. The minimum absolute atomic E-state index is 0.0265. The number of benzene rings is 2. The number of anilines is 1. The summed E-state index contributed by atoms with van der Waals surface area (Å²) in [6.07, 6.45) is 1.70. The number of fused-ring (bicyclic) bond motifs is 1. The average Bonchev–Trinajstić information content (AvgIpc) is 3.19. The fourth-order valence-electron chi connectivity index (χ4n) is 3.31. The van der Waals surface area contributed by atoms with Crippen LogP contribution in [0.2, 0.25) is 0 Å². The van der Waals surface area contributed by atoms with Gasteiger partial charge in [-0.2, -0.15) is 0 Å². The van der Waals surface area contributed by atoms with Gasteiger partial charge in [0.15, 0.2) is 5.13 Å². The number of hydrogen-bond acceptors (Lipinski definition) is 5. The topological polar surface area (TPSA) is 71.5 Å². The zero-order valence-electron chi connectivity index (χ0n) is 16.5. The number of hydrogen-bond donors (Lipinski definition) is 1. The molecule has 1 aromatic heterocycles. The van der Waals surface area contributed by atoms with E-state index in [-0.39, 0.29) is 11.8 Å². The van der Waals surface area contributed by atoms with Gasteiger partial charge >= 0.3 is 0 Å². The Hall–Kier alpha value is -3.19. The monoisotopic (exact) mass is 421 g/mol. The van der Waals surface area contributed by atoms with E-state index in [1.165, 1.54) is 11.3 Å². The van der Waals surface area contributed by atoms with Crippen molar-refractivity contribution in [2.45, 2.75) is 25.8 Å². The standard InChI is InChI=1S/C23H23N3O3S/c27-21(12-7-15-29-18-10-5-2-6-11-18)25-23-24-19-13-14-26(16-20(19)30-23)22(28)17-8-3-1-4-9-17/h1-6,8-11H,7,12-16H2,(H,24,25,27). The van der Waals surface area contributed by atoms with Crippen molar-refractivity contribution in [1.29, 1.82) is 0 Å². The van der Waals surface area contributed by atoms with E-state index in [1.54, 1.807) is 0 Å². The molecule has 0 radical (unpaired) electrons. The van der Waals surface area contributed by atoms with Gasteiger partial charge in [-0.1, -0.05) is 47.7 Å². The van der Waals surface area contributed by atoms with Crippen LogP contribution in [0.15, 0.2) is 60.7 Å². The van der Waals surface area contributed by atoms with Crippen molar-refractivity contribution in [3.8, 4) is 5.75 Å². The molecule has 0 fully saturated rings. The van der Waals surface area contributed by atoms with Gasteiger partial charge in [0.1, 0.15) is 5.75 Å². The van der Waals surface area contributed by atoms with Crippen molar-refractivity contribution in [2.24, 2.45) is 0 Å². The third-order valence-corrected chi connectivity index (χ3v) is 5.84. The van der Waals surface area contributed by atoms with Gasteiger partial charge in [0, 0.05) is 29.8 Å². The molecule has 0 spiro atoms. The van der Waals surface area contributed by atoms with Gasteiger partial charge in [-0.05, 0) is 30.7 Å². The molecule has 2 amide bonds. The molecular weight excluding hydrogens is 398 g/mol. The van der Waals surface area contributed by atoms with E-state index < -0.39 is 0 Å². The Labute approximate surface area is 179 Å². The molecule has 6 nitrogen and oxygen atoms in total. The first-order chi connectivity index (χ1) is 14.7. The van der Waals surface area contributed by atoms with E-state index in [9.17, 15) is 9.59 Å². The maximum atomic E-state index is 12.7. The van der Waals surface area contributed by atoms with Crippen LogP contribution >= 0.6 is 11.3 Å². The summed E-state index contributed by atoms with van der Waals surface area (Å²) in [4.78, 5) is 32.3. The van der Waals surface area contributed by atoms with E-state index in [4.69, 9.17) is 4.74 Å². The van der Waals surface area contributed by atoms with Crippen molar-refractivity contribution in [3.63, 3.8) is 0 Å². The maximum absolute atomic E-state index is 12.7. The molecule has 30 heavy (non-hydrogen) atoms. The van der Waals surface area contributed by atoms with Gasteiger partial charge in [-0.3, -0.25) is 9.59 Å². The Morgan fingerprint density at radius 3 is 2.57 bits per heavy atom. The van der Waals surface area contributed by atoms with Crippen molar-refractivity contribution in [2.75, 3.05) is 18.5 Å². The summed E-state index contributed by atoms with van der Waals surface area (Å²) in [5.41, 5.74) is 1.66. The van der Waals surface area contributed by atoms with Gasteiger partial charge in [0.25, 0.3) is 5.91 Å². The molecule has 1 N–H and O–H groups in total. The number of nitrogens with one attached hydrogen (secondary N) is 1. The Bertz CT molecular complexity index is 1010. The highest BCUT2D eigenvalue weighted by Crippen LogP contribution is 2.29. The minimum atomic E-state index is -0.0741. The number of ether oxygens (including phenoxy) is 1. The molecule has 1 aliphatic heterocycles. The number of amides is 2. The number of carbonyl (C=O) groups excluding carboxylic acids is 2. The second-order valence-corrected chi connectivity index (χ2v) is 8.13. The fraction of sp³-hybridized carbons (Fsp3) is 0.261. The largest absolute Gasteiger partial charge is 0.494 e. The number of nitrogens with zero attached hydrogens (tertiary/aromatic N) is 2. The zero-order valence-corrected chi connectivity index (χ0v) is 17.4. The molecule has 7 heteroatoms. The third kappa shape index (κ3) is 5.04. The molecule has 0 saturated heterocycles. The van der Waals surface area contributed by atoms with E-state index in [0.717, 1.165) is 16.3 Å². The predicted octanol–water partition coefficient (Wildman–Crippen LogP) is 4.14. The zero-order chi connectivity index (χ0) is 20.8. The van der Waals surface area contributed by atoms with E-state index in [0.29, 0.717) is 49.7 Å². The highest BCUT2D eigenvalue weighted by atomic mass is 32.1. The Morgan fingerprint density at radius 2 is 1.80 bits per heavy atom. The summed E-state index contributed by atoms with van der Waals surface area (Å²) >= 11 is 1.45. The minimum Gasteiger partial charge on any atom is -0.494 e. The van der Waals surface area contributed by atoms with Gasteiger partial charge < -0.3 is 15.0 Å². The molecule has 4 rings (SSSR count). The first kappa shape index (κ1) is 20.1. The molecule has 1 aliphatic rings. The van der Waals surface area contributed by atoms with Gasteiger partial charge in [-0.15, -0.1) is 0 Å². The van der Waals surface area contributed by atoms with Crippen LogP contribution in [0.25, 0.3) is 0 Å². The van der Waals surface area contributed by atoms with Crippen LogP contribution in [0.1, 0.15) is 33.8 Å². The lowest BCUT2D eigenvalue weighted by Gasteiger charge is -2.26. The highest BCUT2D eigenvalue weighted by molar-refractivity contribution is 7.15. The summed E-state index contributed by atoms with van der Waals surface area (Å²) in [5, 5.41) is 3.48. The van der Waals surface area contributed by atoms with Crippen LogP contribution in [-0.4, -0.2) is 34.8 Å². The summed E-state index contributed by atoms with van der Waals surface area (Å²) < 4.78 is 5.61. The van der Waals surface area contributed by atoms with Gasteiger partial charge in [-0.25, -0.2) is 4.98 Å². The van der Waals surface area contributed by atoms with Crippen molar-refractivity contribution in [1.82, 2.24) is 9.88 Å². The second kappa shape index (κ2) is 9.54. The Balaban J connectivity index is 1.26. The van der Waals surface area contributed by atoms with Crippen LogP contribution in [0.4, 0.5) is 5.13 Å². The molecule has 0 aliphatic carbocycles. The van der Waals surface area contributed by atoms with Crippen molar-refractivity contribution < 1.29 is 14.3 Å². The van der Waals surface area contributed by atoms with E-state index in [2.05, 4.69) is 10.3 Å². The lowest BCUT2D eigenvalue weighted by Crippen LogP contribution is -2.35. The van der Waals surface area contributed by atoms with Crippen LogP contribution in [0.3, 0.4) is 0 Å². The lowest BCUT2D eigenvalue weighted by molar-refractivity contribution is -0.116. The van der Waals surface area contributed by atoms with Crippen molar-refractivity contribution >= 4 is 28.3 Å². The van der Waals surface area contributed by atoms with E-state index in [1.807, 2.05) is 65.6 Å².